The van der Waals surface area contributed by atoms with Crippen LogP contribution in [0.4, 0.5) is 0 Å². The molecule has 0 aromatic carbocycles. The summed E-state index contributed by atoms with van der Waals surface area (Å²) in [6.07, 6.45) is 4.71. The largest absolute Gasteiger partial charge is 0.348 e. The summed E-state index contributed by atoms with van der Waals surface area (Å²) < 4.78 is 0. The van der Waals surface area contributed by atoms with E-state index >= 15 is 0 Å². The Morgan fingerprint density at radius 1 is 1.48 bits per heavy atom. The van der Waals surface area contributed by atoms with Crippen LogP contribution in [0.15, 0.2) is 11.4 Å². The number of nitrogens with one attached hydrogen (secondary N) is 1. The maximum atomic E-state index is 12.4. The van der Waals surface area contributed by atoms with Crippen LogP contribution in [0.5, 0.6) is 0 Å². The van der Waals surface area contributed by atoms with E-state index in [0.29, 0.717) is 23.5 Å². The normalized spacial score (nSPS) is 25.0. The Morgan fingerprint density at radius 3 is 3.24 bits per heavy atom. The molecule has 2 fully saturated rings. The minimum atomic E-state index is 0.0165. The van der Waals surface area contributed by atoms with E-state index in [-0.39, 0.29) is 5.91 Å². The average molecular weight is 303 g/mol. The lowest BCUT2D eigenvalue weighted by atomic mass is 9.97. The van der Waals surface area contributed by atoms with Gasteiger partial charge in [0.15, 0.2) is 0 Å². The van der Waals surface area contributed by atoms with E-state index < -0.39 is 0 Å². The predicted molar refractivity (Wildman–Crippen MR) is 85.3 cm³/mol. The van der Waals surface area contributed by atoms with Crippen molar-refractivity contribution in [3.8, 4) is 11.8 Å². The van der Waals surface area contributed by atoms with Gasteiger partial charge in [0.1, 0.15) is 4.88 Å². The molecule has 1 amide bonds. The zero-order chi connectivity index (χ0) is 14.7. The lowest BCUT2D eigenvalue weighted by Crippen LogP contribution is -2.47. The number of fused-ring (bicyclic) bond motifs is 1. The Labute approximate surface area is 129 Å². The van der Waals surface area contributed by atoms with Crippen molar-refractivity contribution < 1.29 is 4.79 Å². The van der Waals surface area contributed by atoms with Gasteiger partial charge in [0.25, 0.3) is 5.91 Å². The average Bonchev–Trinajstić information content (AvgIpc) is 3.13. The lowest BCUT2D eigenvalue weighted by Gasteiger charge is -2.35. The topological polar surface area (TPSA) is 58.4 Å². The van der Waals surface area contributed by atoms with Crippen molar-refractivity contribution in [2.75, 3.05) is 19.6 Å². The summed E-state index contributed by atoms with van der Waals surface area (Å²) in [4.78, 5) is 15.7. The van der Waals surface area contributed by atoms with E-state index in [1.807, 2.05) is 11.4 Å². The smallest absolute Gasteiger partial charge is 0.262 e. The molecule has 1 aromatic rings. The quantitative estimate of drug-likeness (QED) is 0.812. The summed E-state index contributed by atoms with van der Waals surface area (Å²) in [5.74, 6) is 5.81. The molecule has 2 aliphatic heterocycles. The molecule has 5 heteroatoms. The first kappa shape index (κ1) is 14.6. The molecule has 2 atom stereocenters. The number of rotatable bonds is 2. The number of thiophene rings is 1. The number of hydrogen-bond acceptors (Lipinski definition) is 4. The van der Waals surface area contributed by atoms with Gasteiger partial charge in [0.2, 0.25) is 0 Å². The van der Waals surface area contributed by atoms with Crippen LogP contribution < -0.4 is 11.1 Å². The Bertz CT molecular complexity index is 572. The van der Waals surface area contributed by atoms with Crippen molar-refractivity contribution in [3.63, 3.8) is 0 Å². The number of nitrogens with two attached hydrogens (primary N) is 1. The molecule has 2 aliphatic rings. The third-order valence-electron chi connectivity index (χ3n) is 4.35. The number of piperidine rings is 1. The Morgan fingerprint density at radius 2 is 2.38 bits per heavy atom. The van der Waals surface area contributed by atoms with E-state index in [1.54, 1.807) is 0 Å². The van der Waals surface area contributed by atoms with Crippen LogP contribution in [0.3, 0.4) is 0 Å². The molecule has 4 nitrogen and oxygen atoms in total. The third kappa shape index (κ3) is 3.29. The highest BCUT2D eigenvalue weighted by atomic mass is 32.1. The van der Waals surface area contributed by atoms with Crippen molar-refractivity contribution in [3.05, 3.63) is 21.9 Å². The fraction of sp³-hybridized carbons (Fsp3) is 0.562. The first-order valence-electron chi connectivity index (χ1n) is 7.59. The van der Waals surface area contributed by atoms with Gasteiger partial charge < -0.3 is 16.0 Å². The molecule has 2 saturated heterocycles. The van der Waals surface area contributed by atoms with E-state index in [2.05, 4.69) is 22.1 Å². The molecule has 0 bridgehead atoms. The lowest BCUT2D eigenvalue weighted by molar-refractivity contribution is 0.0900. The summed E-state index contributed by atoms with van der Waals surface area (Å²) >= 11 is 1.45. The number of carbonyl (C=O) groups excluding carboxylic acids is 1. The van der Waals surface area contributed by atoms with Crippen LogP contribution >= 0.6 is 11.3 Å². The van der Waals surface area contributed by atoms with E-state index in [9.17, 15) is 4.79 Å². The SMILES string of the molecule is NCC#Cc1ccsc1C(=O)NC1CCN2CCCC2C1. The van der Waals surface area contributed by atoms with Gasteiger partial charge in [-0.2, -0.15) is 0 Å². The Balaban J connectivity index is 1.63. The maximum Gasteiger partial charge on any atom is 0.262 e. The molecule has 21 heavy (non-hydrogen) atoms. The summed E-state index contributed by atoms with van der Waals surface area (Å²) in [5.41, 5.74) is 6.19. The van der Waals surface area contributed by atoms with Crippen molar-refractivity contribution in [2.45, 2.75) is 37.8 Å². The summed E-state index contributed by atoms with van der Waals surface area (Å²) in [6, 6.07) is 2.86. The van der Waals surface area contributed by atoms with Crippen molar-refractivity contribution >= 4 is 17.2 Å². The number of nitrogens with zero attached hydrogens (tertiary/aromatic N) is 1. The zero-order valence-corrected chi connectivity index (χ0v) is 12.9. The van der Waals surface area contributed by atoms with E-state index in [0.717, 1.165) is 24.9 Å². The number of carbonyl (C=O) groups is 1. The van der Waals surface area contributed by atoms with Crippen LogP contribution in [0.1, 0.15) is 40.9 Å². The first-order chi connectivity index (χ1) is 10.3. The van der Waals surface area contributed by atoms with Crippen molar-refractivity contribution in [2.24, 2.45) is 5.73 Å². The molecule has 1 aromatic heterocycles. The van der Waals surface area contributed by atoms with Crippen LogP contribution in [0, 0.1) is 11.8 Å². The van der Waals surface area contributed by atoms with Crippen molar-refractivity contribution in [1.29, 1.82) is 0 Å². The number of hydrogen-bond donors (Lipinski definition) is 2. The van der Waals surface area contributed by atoms with Gasteiger partial charge in [-0.15, -0.1) is 11.3 Å². The highest BCUT2D eigenvalue weighted by Crippen LogP contribution is 2.27. The molecule has 2 unspecified atom stereocenters. The Kier molecular flexibility index (Phi) is 4.59. The van der Waals surface area contributed by atoms with Gasteiger partial charge in [0, 0.05) is 24.2 Å². The molecule has 3 N–H and O–H groups in total. The van der Waals surface area contributed by atoms with Crippen LogP contribution in [0.25, 0.3) is 0 Å². The van der Waals surface area contributed by atoms with Gasteiger partial charge in [-0.25, -0.2) is 0 Å². The van der Waals surface area contributed by atoms with Gasteiger partial charge in [-0.3, -0.25) is 4.79 Å². The second kappa shape index (κ2) is 6.61. The zero-order valence-electron chi connectivity index (χ0n) is 12.1. The van der Waals surface area contributed by atoms with Gasteiger partial charge in [-0.05, 0) is 43.7 Å². The van der Waals surface area contributed by atoms with E-state index in [4.69, 9.17) is 5.73 Å². The summed E-state index contributed by atoms with van der Waals surface area (Å²) in [5, 5.41) is 5.11. The third-order valence-corrected chi connectivity index (χ3v) is 5.27. The predicted octanol–water partition coefficient (Wildman–Crippen LogP) is 1.41. The second-order valence-electron chi connectivity index (χ2n) is 5.70. The molecular weight excluding hydrogens is 282 g/mol. The van der Waals surface area contributed by atoms with Crippen LogP contribution in [0.2, 0.25) is 0 Å². The minimum Gasteiger partial charge on any atom is -0.348 e. The van der Waals surface area contributed by atoms with E-state index in [1.165, 1.54) is 30.7 Å². The fourth-order valence-corrected chi connectivity index (χ4v) is 4.09. The highest BCUT2D eigenvalue weighted by Gasteiger charge is 2.32. The van der Waals surface area contributed by atoms with Crippen LogP contribution in [-0.2, 0) is 0 Å². The molecule has 0 aliphatic carbocycles. The maximum absolute atomic E-state index is 12.4. The molecule has 0 radical (unpaired) electrons. The molecule has 3 heterocycles. The first-order valence-corrected chi connectivity index (χ1v) is 8.47. The summed E-state index contributed by atoms with van der Waals surface area (Å²) in [7, 11) is 0. The minimum absolute atomic E-state index is 0.0165. The molecule has 112 valence electrons. The molecule has 3 rings (SSSR count). The summed E-state index contributed by atoms with van der Waals surface area (Å²) in [6.45, 7) is 2.66. The Hall–Kier alpha value is -1.35. The number of amides is 1. The fourth-order valence-electron chi connectivity index (χ4n) is 3.34. The monoisotopic (exact) mass is 303 g/mol. The van der Waals surface area contributed by atoms with Gasteiger partial charge >= 0.3 is 0 Å². The molecular formula is C16H21N3OS. The highest BCUT2D eigenvalue weighted by molar-refractivity contribution is 7.12. The van der Waals surface area contributed by atoms with Crippen LogP contribution in [-0.4, -0.2) is 42.5 Å². The standard InChI is InChI=1S/C16H21N3OS/c17-7-1-3-12-6-10-21-15(12)16(20)18-13-5-9-19-8-2-4-14(19)11-13/h6,10,13-14H,2,4-5,7-9,11,17H2,(H,18,20). The molecule has 0 spiro atoms. The van der Waals surface area contributed by atoms with Gasteiger partial charge in [0.05, 0.1) is 6.54 Å². The van der Waals surface area contributed by atoms with Crippen molar-refractivity contribution in [1.82, 2.24) is 10.2 Å². The second-order valence-corrected chi connectivity index (χ2v) is 6.61. The molecule has 0 saturated carbocycles. The van der Waals surface area contributed by atoms with Gasteiger partial charge in [-0.1, -0.05) is 11.8 Å².